The Hall–Kier alpha value is -3.02. The number of rotatable bonds is 5. The molecule has 0 N–H and O–H groups in total. The molecule has 0 heterocycles. The number of carbonyl (C=O) groups is 1. The Morgan fingerprint density at radius 2 is 1.65 bits per heavy atom. The molecule has 0 saturated heterocycles. The molecule has 0 aliphatic rings. The van der Waals surface area contributed by atoms with Crippen molar-refractivity contribution in [1.82, 2.24) is 0 Å². The summed E-state index contributed by atoms with van der Waals surface area (Å²) in [6.07, 6.45) is -4.55. The average Bonchev–Trinajstić information content (AvgIpc) is 2.64. The van der Waals surface area contributed by atoms with E-state index in [1.807, 2.05) is 42.5 Å². The van der Waals surface area contributed by atoms with E-state index in [2.05, 4.69) is 4.74 Å². The normalized spacial score (nSPS) is 11.3. The molecule has 3 rings (SSSR count). The van der Waals surface area contributed by atoms with Gasteiger partial charge < -0.3 is 9.47 Å². The van der Waals surface area contributed by atoms with Gasteiger partial charge in [-0.25, -0.2) is 4.79 Å². The molecule has 0 aliphatic heterocycles. The Bertz CT molecular complexity index is 914. The summed E-state index contributed by atoms with van der Waals surface area (Å²) in [5.74, 6) is -0.331. The van der Waals surface area contributed by atoms with E-state index >= 15 is 0 Å². The van der Waals surface area contributed by atoms with Crippen LogP contribution in [0.3, 0.4) is 0 Å². The van der Waals surface area contributed by atoms with Crippen LogP contribution < -0.4 is 4.74 Å². The Balaban J connectivity index is 1.70. The summed E-state index contributed by atoms with van der Waals surface area (Å²) in [7, 11) is 0. The number of esters is 1. The lowest BCUT2D eigenvalue weighted by atomic mass is 10.1. The van der Waals surface area contributed by atoms with Crippen LogP contribution in [0.5, 0.6) is 5.75 Å². The third-order valence-electron chi connectivity index (χ3n) is 3.67. The summed E-state index contributed by atoms with van der Waals surface area (Å²) in [6.45, 7) is -1.43. The maximum Gasteiger partial charge on any atom is 0.422 e. The maximum atomic E-state index is 12.1. The maximum absolute atomic E-state index is 12.1. The third kappa shape index (κ3) is 4.53. The van der Waals surface area contributed by atoms with E-state index in [0.29, 0.717) is 11.3 Å². The van der Waals surface area contributed by atoms with Gasteiger partial charge in [0.15, 0.2) is 6.61 Å². The van der Waals surface area contributed by atoms with Gasteiger partial charge in [0.25, 0.3) is 0 Å². The molecule has 0 atom stereocenters. The van der Waals surface area contributed by atoms with Crippen LogP contribution in [0.2, 0.25) is 0 Å². The standard InChI is InChI=1S/C20H15F3O3/c21-20(22,23)13-26-19(24)16-8-3-5-14(11-16)12-25-18-10-4-7-15-6-1-2-9-17(15)18/h1-11H,12-13H2. The van der Waals surface area contributed by atoms with Crippen LogP contribution in [0.1, 0.15) is 15.9 Å². The van der Waals surface area contributed by atoms with Gasteiger partial charge in [-0.15, -0.1) is 0 Å². The van der Waals surface area contributed by atoms with Gasteiger partial charge in [0.1, 0.15) is 12.4 Å². The first-order valence-corrected chi connectivity index (χ1v) is 7.86. The van der Waals surface area contributed by atoms with Crippen molar-refractivity contribution in [3.63, 3.8) is 0 Å². The number of hydrogen-bond donors (Lipinski definition) is 0. The molecular weight excluding hydrogens is 345 g/mol. The number of alkyl halides is 3. The number of hydrogen-bond acceptors (Lipinski definition) is 3. The molecule has 0 saturated carbocycles. The molecule has 0 amide bonds. The van der Waals surface area contributed by atoms with E-state index in [9.17, 15) is 18.0 Å². The van der Waals surface area contributed by atoms with Crippen molar-refractivity contribution in [2.45, 2.75) is 12.8 Å². The van der Waals surface area contributed by atoms with Crippen LogP contribution in [-0.4, -0.2) is 18.8 Å². The molecule has 0 bridgehead atoms. The van der Waals surface area contributed by atoms with Gasteiger partial charge in [0.2, 0.25) is 0 Å². The van der Waals surface area contributed by atoms with Crippen molar-refractivity contribution in [1.29, 1.82) is 0 Å². The fraction of sp³-hybridized carbons (Fsp3) is 0.150. The van der Waals surface area contributed by atoms with Crippen LogP contribution >= 0.6 is 0 Å². The third-order valence-corrected chi connectivity index (χ3v) is 3.67. The lowest BCUT2D eigenvalue weighted by molar-refractivity contribution is -0.161. The highest BCUT2D eigenvalue weighted by atomic mass is 19.4. The molecule has 3 nitrogen and oxygen atoms in total. The van der Waals surface area contributed by atoms with Gasteiger partial charge in [0.05, 0.1) is 5.56 Å². The number of benzene rings is 3. The van der Waals surface area contributed by atoms with Crippen molar-refractivity contribution in [2.75, 3.05) is 6.61 Å². The highest BCUT2D eigenvalue weighted by Gasteiger charge is 2.29. The van der Waals surface area contributed by atoms with Gasteiger partial charge in [-0.05, 0) is 29.1 Å². The van der Waals surface area contributed by atoms with Crippen LogP contribution in [0.25, 0.3) is 10.8 Å². The van der Waals surface area contributed by atoms with Crippen molar-refractivity contribution < 1.29 is 27.4 Å². The Labute approximate surface area is 148 Å². The van der Waals surface area contributed by atoms with E-state index in [-0.39, 0.29) is 12.2 Å². The summed E-state index contributed by atoms with van der Waals surface area (Å²) in [5.41, 5.74) is 0.702. The van der Waals surface area contributed by atoms with Gasteiger partial charge >= 0.3 is 12.1 Å². The quantitative estimate of drug-likeness (QED) is 0.591. The summed E-state index contributed by atoms with van der Waals surface area (Å²) < 4.78 is 46.5. The van der Waals surface area contributed by atoms with Gasteiger partial charge in [-0.1, -0.05) is 48.5 Å². The Morgan fingerprint density at radius 3 is 2.46 bits per heavy atom. The molecule has 0 radical (unpaired) electrons. The number of fused-ring (bicyclic) bond motifs is 1. The molecule has 0 unspecified atom stereocenters. The molecule has 0 fully saturated rings. The minimum atomic E-state index is -4.55. The molecule has 0 aliphatic carbocycles. The number of halogens is 3. The summed E-state index contributed by atoms with van der Waals surface area (Å²) in [4.78, 5) is 11.7. The topological polar surface area (TPSA) is 35.5 Å². The second kappa shape index (κ2) is 7.47. The van der Waals surface area contributed by atoms with E-state index in [0.717, 1.165) is 10.8 Å². The summed E-state index contributed by atoms with van der Waals surface area (Å²) in [5, 5.41) is 1.99. The van der Waals surface area contributed by atoms with Gasteiger partial charge in [0, 0.05) is 5.39 Å². The number of ether oxygens (including phenoxy) is 2. The molecule has 3 aromatic carbocycles. The zero-order chi connectivity index (χ0) is 18.6. The van der Waals surface area contributed by atoms with Crippen LogP contribution in [0.4, 0.5) is 13.2 Å². The molecule has 134 valence electrons. The Kier molecular flexibility index (Phi) is 5.11. The fourth-order valence-electron chi connectivity index (χ4n) is 2.50. The first-order valence-electron chi connectivity index (χ1n) is 7.86. The average molecular weight is 360 g/mol. The minimum Gasteiger partial charge on any atom is -0.488 e. The van der Waals surface area contributed by atoms with E-state index in [1.165, 1.54) is 12.1 Å². The molecule has 3 aromatic rings. The first-order chi connectivity index (χ1) is 12.4. The largest absolute Gasteiger partial charge is 0.488 e. The zero-order valence-corrected chi connectivity index (χ0v) is 13.6. The predicted octanol–water partition coefficient (Wildman–Crippen LogP) is 5.14. The molecule has 6 heteroatoms. The fourth-order valence-corrected chi connectivity index (χ4v) is 2.50. The van der Waals surface area contributed by atoms with Crippen LogP contribution in [0.15, 0.2) is 66.7 Å². The molecule has 26 heavy (non-hydrogen) atoms. The molecule has 0 aromatic heterocycles. The highest BCUT2D eigenvalue weighted by Crippen LogP contribution is 2.26. The second-order valence-corrected chi connectivity index (χ2v) is 5.66. The predicted molar refractivity (Wildman–Crippen MR) is 91.1 cm³/mol. The molecule has 0 spiro atoms. The minimum absolute atomic E-state index is 0.0493. The zero-order valence-electron chi connectivity index (χ0n) is 13.6. The van der Waals surface area contributed by atoms with E-state index < -0.39 is 18.8 Å². The van der Waals surface area contributed by atoms with Crippen molar-refractivity contribution in [2.24, 2.45) is 0 Å². The second-order valence-electron chi connectivity index (χ2n) is 5.66. The lowest BCUT2D eigenvalue weighted by Gasteiger charge is -2.11. The van der Waals surface area contributed by atoms with Gasteiger partial charge in [-0.3, -0.25) is 0 Å². The van der Waals surface area contributed by atoms with Crippen molar-refractivity contribution in [3.05, 3.63) is 77.9 Å². The van der Waals surface area contributed by atoms with Crippen molar-refractivity contribution >= 4 is 16.7 Å². The SMILES string of the molecule is O=C(OCC(F)(F)F)c1cccc(COc2cccc3ccccc23)c1. The van der Waals surface area contributed by atoms with E-state index in [1.54, 1.807) is 12.1 Å². The van der Waals surface area contributed by atoms with Crippen LogP contribution in [-0.2, 0) is 11.3 Å². The van der Waals surface area contributed by atoms with Crippen molar-refractivity contribution in [3.8, 4) is 5.75 Å². The van der Waals surface area contributed by atoms with Gasteiger partial charge in [-0.2, -0.15) is 13.2 Å². The summed E-state index contributed by atoms with van der Waals surface area (Å²) >= 11 is 0. The smallest absolute Gasteiger partial charge is 0.422 e. The summed E-state index contributed by atoms with van der Waals surface area (Å²) in [6, 6.07) is 19.6. The van der Waals surface area contributed by atoms with E-state index in [4.69, 9.17) is 4.74 Å². The highest BCUT2D eigenvalue weighted by molar-refractivity contribution is 5.89. The van der Waals surface area contributed by atoms with Crippen LogP contribution in [0, 0.1) is 0 Å². The Morgan fingerprint density at radius 1 is 0.923 bits per heavy atom. The monoisotopic (exact) mass is 360 g/mol. The molecular formula is C20H15F3O3. The first kappa shape index (κ1) is 17.8. The number of carbonyl (C=O) groups excluding carboxylic acids is 1. The lowest BCUT2D eigenvalue weighted by Crippen LogP contribution is -2.20.